The quantitative estimate of drug-likeness (QED) is 0.411. The molecule has 3 heterocycles. The van der Waals surface area contributed by atoms with E-state index in [-0.39, 0.29) is 6.79 Å². The van der Waals surface area contributed by atoms with E-state index >= 15 is 0 Å². The Morgan fingerprint density at radius 3 is 2.73 bits per heavy atom. The summed E-state index contributed by atoms with van der Waals surface area (Å²) >= 11 is 1.53. The average molecular weight is 457 g/mol. The van der Waals surface area contributed by atoms with Crippen LogP contribution in [0.15, 0.2) is 71.9 Å². The maximum absolute atomic E-state index is 6.36. The Hall–Kier alpha value is -3.78. The second kappa shape index (κ2) is 8.29. The number of hydrogen-bond donors (Lipinski definition) is 1. The zero-order chi connectivity index (χ0) is 22.2. The van der Waals surface area contributed by atoms with Gasteiger partial charge in [0.1, 0.15) is 0 Å². The lowest BCUT2D eigenvalue weighted by molar-refractivity contribution is 0.173. The number of thioether (sulfide) groups is 1. The summed E-state index contributed by atoms with van der Waals surface area (Å²) in [5.74, 6) is 2.62. The van der Waals surface area contributed by atoms with Gasteiger partial charge in [-0.3, -0.25) is 0 Å². The number of aryl methyl sites for hydroxylation is 1. The SMILES string of the molecule is Cc1ccc(CSc2nnc3c(n2)OC(c2ccc4c(c2)OCO4)Nc2ccccc2-3)cc1. The van der Waals surface area contributed by atoms with Crippen molar-refractivity contribution in [1.29, 1.82) is 0 Å². The Morgan fingerprint density at radius 2 is 1.82 bits per heavy atom. The van der Waals surface area contributed by atoms with Crippen LogP contribution in [0.4, 0.5) is 5.69 Å². The van der Waals surface area contributed by atoms with Gasteiger partial charge in [0.05, 0.1) is 0 Å². The standard InChI is InChI=1S/C25H20N4O3S/c1-15-6-8-16(9-7-15)13-33-25-27-24-22(28-29-25)18-4-2-3-5-19(18)26-23(32-24)17-10-11-20-21(12-17)31-14-30-20/h2-12,23,26H,13-14H2,1H3. The van der Waals surface area contributed by atoms with Crippen molar-refractivity contribution in [3.63, 3.8) is 0 Å². The van der Waals surface area contributed by atoms with Gasteiger partial charge in [-0.1, -0.05) is 59.8 Å². The smallest absolute Gasteiger partial charge is 0.247 e. The van der Waals surface area contributed by atoms with Crippen LogP contribution in [0.3, 0.4) is 0 Å². The summed E-state index contributed by atoms with van der Waals surface area (Å²) in [5.41, 5.74) is 5.74. The fraction of sp³-hybridized carbons (Fsp3) is 0.160. The van der Waals surface area contributed by atoms with E-state index in [1.807, 2.05) is 42.5 Å². The molecule has 0 saturated heterocycles. The van der Waals surface area contributed by atoms with Crippen molar-refractivity contribution in [2.24, 2.45) is 0 Å². The Labute approximate surface area is 195 Å². The molecule has 1 aromatic heterocycles. The molecule has 33 heavy (non-hydrogen) atoms. The molecule has 6 rings (SSSR count). The molecule has 0 radical (unpaired) electrons. The van der Waals surface area contributed by atoms with Crippen molar-refractivity contribution < 1.29 is 14.2 Å². The molecule has 0 bridgehead atoms. The molecule has 7 nitrogen and oxygen atoms in total. The summed E-state index contributed by atoms with van der Waals surface area (Å²) in [6, 6.07) is 22.1. The minimum Gasteiger partial charge on any atom is -0.454 e. The van der Waals surface area contributed by atoms with Gasteiger partial charge in [-0.15, -0.1) is 10.2 Å². The van der Waals surface area contributed by atoms with Crippen molar-refractivity contribution in [1.82, 2.24) is 15.2 Å². The van der Waals surface area contributed by atoms with Gasteiger partial charge >= 0.3 is 0 Å². The Balaban J connectivity index is 1.33. The lowest BCUT2D eigenvalue weighted by atomic mass is 10.1. The first-order valence-corrected chi connectivity index (χ1v) is 11.6. The first-order valence-electron chi connectivity index (χ1n) is 10.6. The number of fused-ring (bicyclic) bond motifs is 4. The van der Waals surface area contributed by atoms with E-state index in [2.05, 4.69) is 46.7 Å². The first-order chi connectivity index (χ1) is 16.2. The van der Waals surface area contributed by atoms with E-state index in [1.54, 1.807) is 0 Å². The topological polar surface area (TPSA) is 78.4 Å². The molecule has 164 valence electrons. The number of benzene rings is 3. The molecular formula is C25H20N4O3S. The molecule has 1 unspecified atom stereocenters. The van der Waals surface area contributed by atoms with Crippen LogP contribution in [-0.4, -0.2) is 22.0 Å². The van der Waals surface area contributed by atoms with Crippen molar-refractivity contribution in [2.45, 2.75) is 24.1 Å². The molecule has 2 aliphatic rings. The van der Waals surface area contributed by atoms with Crippen LogP contribution in [0.1, 0.15) is 22.9 Å². The molecule has 0 saturated carbocycles. The number of nitrogens with one attached hydrogen (secondary N) is 1. The molecule has 3 aromatic carbocycles. The van der Waals surface area contributed by atoms with Crippen LogP contribution in [0, 0.1) is 6.92 Å². The maximum atomic E-state index is 6.36. The Kier molecular flexibility index (Phi) is 4.99. The molecule has 0 aliphatic carbocycles. The van der Waals surface area contributed by atoms with Gasteiger partial charge in [0.25, 0.3) is 0 Å². The molecule has 2 aliphatic heterocycles. The Morgan fingerprint density at radius 1 is 0.970 bits per heavy atom. The largest absolute Gasteiger partial charge is 0.454 e. The lowest BCUT2D eigenvalue weighted by Gasteiger charge is -2.19. The maximum Gasteiger partial charge on any atom is 0.247 e. The van der Waals surface area contributed by atoms with Crippen LogP contribution in [0.2, 0.25) is 0 Å². The highest BCUT2D eigenvalue weighted by Crippen LogP contribution is 2.41. The third-order valence-electron chi connectivity index (χ3n) is 5.52. The van der Waals surface area contributed by atoms with Crippen molar-refractivity contribution in [3.8, 4) is 28.6 Å². The van der Waals surface area contributed by atoms with E-state index in [0.29, 0.717) is 22.5 Å². The fourth-order valence-electron chi connectivity index (χ4n) is 3.77. The van der Waals surface area contributed by atoms with E-state index in [0.717, 1.165) is 28.3 Å². The number of nitrogens with zero attached hydrogens (tertiary/aromatic N) is 3. The highest BCUT2D eigenvalue weighted by molar-refractivity contribution is 7.98. The summed E-state index contributed by atoms with van der Waals surface area (Å²) in [6.45, 7) is 2.30. The van der Waals surface area contributed by atoms with Crippen molar-refractivity contribution >= 4 is 17.4 Å². The number of hydrogen-bond acceptors (Lipinski definition) is 8. The number of ether oxygens (including phenoxy) is 3. The zero-order valence-corrected chi connectivity index (χ0v) is 18.6. The molecule has 4 aromatic rings. The van der Waals surface area contributed by atoms with Gasteiger partial charge in [-0.2, -0.15) is 4.98 Å². The van der Waals surface area contributed by atoms with Crippen molar-refractivity contribution in [2.75, 3.05) is 12.1 Å². The zero-order valence-electron chi connectivity index (χ0n) is 17.8. The predicted octanol–water partition coefficient (Wildman–Crippen LogP) is 5.37. The Bertz CT molecular complexity index is 1330. The van der Waals surface area contributed by atoms with Crippen LogP contribution in [-0.2, 0) is 5.75 Å². The molecule has 0 amide bonds. The second-order valence-electron chi connectivity index (χ2n) is 7.82. The highest BCUT2D eigenvalue weighted by atomic mass is 32.2. The van der Waals surface area contributed by atoms with Crippen LogP contribution in [0.5, 0.6) is 17.4 Å². The van der Waals surface area contributed by atoms with Crippen molar-refractivity contribution in [3.05, 3.63) is 83.4 Å². The minimum absolute atomic E-state index is 0.224. The number of rotatable bonds is 4. The van der Waals surface area contributed by atoms with Crippen LogP contribution in [0.25, 0.3) is 11.3 Å². The van der Waals surface area contributed by atoms with Gasteiger partial charge in [-0.25, -0.2) is 0 Å². The summed E-state index contributed by atoms with van der Waals surface area (Å²) in [4.78, 5) is 4.72. The molecule has 8 heteroatoms. The number of anilines is 1. The van der Waals surface area contributed by atoms with E-state index in [9.17, 15) is 0 Å². The summed E-state index contributed by atoms with van der Waals surface area (Å²) in [5, 5.41) is 12.9. The molecule has 0 spiro atoms. The minimum atomic E-state index is -0.478. The van der Waals surface area contributed by atoms with Gasteiger partial charge < -0.3 is 19.5 Å². The lowest BCUT2D eigenvalue weighted by Crippen LogP contribution is -2.17. The second-order valence-corrected chi connectivity index (χ2v) is 8.77. The van der Waals surface area contributed by atoms with E-state index in [1.165, 1.54) is 22.9 Å². The number of aromatic nitrogens is 3. The average Bonchev–Trinajstić information content (AvgIpc) is 3.25. The molecular weight excluding hydrogens is 436 g/mol. The highest BCUT2D eigenvalue weighted by Gasteiger charge is 2.27. The molecule has 1 N–H and O–H groups in total. The summed E-state index contributed by atoms with van der Waals surface area (Å²) in [7, 11) is 0. The van der Waals surface area contributed by atoms with Gasteiger partial charge in [-0.05, 0) is 36.8 Å². The van der Waals surface area contributed by atoms with Crippen LogP contribution >= 0.6 is 11.8 Å². The predicted molar refractivity (Wildman–Crippen MR) is 126 cm³/mol. The van der Waals surface area contributed by atoms with Gasteiger partial charge in [0.2, 0.25) is 17.8 Å². The molecule has 0 fully saturated rings. The fourth-order valence-corrected chi connectivity index (χ4v) is 4.50. The van der Waals surface area contributed by atoms with E-state index in [4.69, 9.17) is 19.2 Å². The summed E-state index contributed by atoms with van der Waals surface area (Å²) in [6.07, 6.45) is -0.478. The third kappa shape index (κ3) is 3.93. The summed E-state index contributed by atoms with van der Waals surface area (Å²) < 4.78 is 17.4. The number of para-hydroxylation sites is 1. The monoisotopic (exact) mass is 456 g/mol. The first kappa shape index (κ1) is 19.9. The molecule has 1 atom stereocenters. The third-order valence-corrected chi connectivity index (χ3v) is 6.43. The normalized spacial score (nSPS) is 15.6. The van der Waals surface area contributed by atoms with Crippen LogP contribution < -0.4 is 19.5 Å². The van der Waals surface area contributed by atoms with Gasteiger partial charge in [0, 0.05) is 22.6 Å². The van der Waals surface area contributed by atoms with E-state index < -0.39 is 6.23 Å². The van der Waals surface area contributed by atoms with Gasteiger partial charge in [0.15, 0.2) is 23.4 Å².